The van der Waals surface area contributed by atoms with Crippen LogP contribution in [0.4, 0.5) is 14.9 Å². The highest BCUT2D eigenvalue weighted by atomic mass is 32.2. The molecule has 2 rings (SSSR count). The van der Waals surface area contributed by atoms with E-state index in [4.69, 9.17) is 0 Å². The molecule has 0 aliphatic carbocycles. The molecule has 0 radical (unpaired) electrons. The molecule has 0 aromatic heterocycles. The molecule has 98 valence electrons. The van der Waals surface area contributed by atoms with Crippen LogP contribution in [0.1, 0.15) is 6.42 Å². The highest BCUT2D eigenvalue weighted by Gasteiger charge is 2.28. The van der Waals surface area contributed by atoms with Crippen LogP contribution in [0.15, 0.2) is 24.3 Å². The lowest BCUT2D eigenvalue weighted by Crippen LogP contribution is -2.38. The van der Waals surface area contributed by atoms with Gasteiger partial charge in [-0.25, -0.2) is 17.6 Å². The molecule has 5 nitrogen and oxygen atoms in total. The number of sulfone groups is 1. The van der Waals surface area contributed by atoms with Crippen LogP contribution in [0.3, 0.4) is 0 Å². The van der Waals surface area contributed by atoms with Crippen LogP contribution >= 0.6 is 0 Å². The summed E-state index contributed by atoms with van der Waals surface area (Å²) in [5, 5.41) is 5.09. The maximum atomic E-state index is 12.6. The Labute approximate surface area is 104 Å². The van der Waals surface area contributed by atoms with E-state index in [1.165, 1.54) is 24.3 Å². The number of carbonyl (C=O) groups excluding carboxylic acids is 1. The SMILES string of the molecule is O=C(Nc1ccc(F)cc1)N[C@@H]1CCS(=O)(=O)C1. The van der Waals surface area contributed by atoms with Crippen molar-refractivity contribution >= 4 is 21.6 Å². The number of hydrogen-bond donors (Lipinski definition) is 2. The molecule has 0 bridgehead atoms. The van der Waals surface area contributed by atoms with E-state index in [0.29, 0.717) is 12.1 Å². The van der Waals surface area contributed by atoms with E-state index in [-0.39, 0.29) is 23.4 Å². The summed E-state index contributed by atoms with van der Waals surface area (Å²) in [7, 11) is -3.01. The van der Waals surface area contributed by atoms with Crippen LogP contribution < -0.4 is 10.6 Å². The van der Waals surface area contributed by atoms with Gasteiger partial charge in [0.1, 0.15) is 5.82 Å². The number of amides is 2. The van der Waals surface area contributed by atoms with Crippen LogP contribution in [0, 0.1) is 5.82 Å². The zero-order valence-electron chi connectivity index (χ0n) is 9.52. The summed E-state index contributed by atoms with van der Waals surface area (Å²) in [5.41, 5.74) is 0.453. The fourth-order valence-electron chi connectivity index (χ4n) is 1.79. The zero-order chi connectivity index (χ0) is 13.2. The minimum Gasteiger partial charge on any atom is -0.334 e. The quantitative estimate of drug-likeness (QED) is 0.847. The third kappa shape index (κ3) is 3.43. The molecule has 1 aromatic rings. The van der Waals surface area contributed by atoms with Gasteiger partial charge < -0.3 is 10.6 Å². The van der Waals surface area contributed by atoms with Crippen LogP contribution in [-0.2, 0) is 9.84 Å². The molecule has 0 spiro atoms. The van der Waals surface area contributed by atoms with Crippen LogP contribution in [-0.4, -0.2) is 32.0 Å². The van der Waals surface area contributed by atoms with Crippen molar-refractivity contribution in [2.24, 2.45) is 0 Å². The molecule has 1 fully saturated rings. The second-order valence-corrected chi connectivity index (χ2v) is 6.43. The lowest BCUT2D eigenvalue weighted by Gasteiger charge is -2.11. The van der Waals surface area contributed by atoms with Crippen molar-refractivity contribution in [2.45, 2.75) is 12.5 Å². The molecule has 1 aliphatic rings. The van der Waals surface area contributed by atoms with Gasteiger partial charge in [-0.05, 0) is 30.7 Å². The predicted molar refractivity (Wildman–Crippen MR) is 65.6 cm³/mol. The molecule has 1 atom stereocenters. The molecule has 2 N–H and O–H groups in total. The number of nitrogens with one attached hydrogen (secondary N) is 2. The van der Waals surface area contributed by atoms with Crippen molar-refractivity contribution < 1.29 is 17.6 Å². The van der Waals surface area contributed by atoms with E-state index in [1.54, 1.807) is 0 Å². The second-order valence-electron chi connectivity index (χ2n) is 4.21. The topological polar surface area (TPSA) is 75.3 Å². The largest absolute Gasteiger partial charge is 0.334 e. The van der Waals surface area contributed by atoms with Gasteiger partial charge in [0.15, 0.2) is 9.84 Å². The number of urea groups is 1. The Hall–Kier alpha value is -1.63. The number of carbonyl (C=O) groups is 1. The Morgan fingerprint density at radius 3 is 2.50 bits per heavy atom. The fourth-order valence-corrected chi connectivity index (χ4v) is 3.47. The van der Waals surface area contributed by atoms with Crippen LogP contribution in [0.2, 0.25) is 0 Å². The summed E-state index contributed by atoms with van der Waals surface area (Å²) in [6, 6.07) is 4.49. The summed E-state index contributed by atoms with van der Waals surface area (Å²) in [6.07, 6.45) is 0.430. The van der Waals surface area contributed by atoms with E-state index >= 15 is 0 Å². The molecular formula is C11H13FN2O3S. The molecule has 0 unspecified atom stereocenters. The zero-order valence-corrected chi connectivity index (χ0v) is 10.3. The third-order valence-electron chi connectivity index (χ3n) is 2.67. The van der Waals surface area contributed by atoms with Crippen molar-refractivity contribution in [3.05, 3.63) is 30.1 Å². The van der Waals surface area contributed by atoms with E-state index in [9.17, 15) is 17.6 Å². The molecular weight excluding hydrogens is 259 g/mol. The first-order chi connectivity index (χ1) is 8.44. The maximum Gasteiger partial charge on any atom is 0.319 e. The number of anilines is 1. The van der Waals surface area contributed by atoms with E-state index in [0.717, 1.165) is 0 Å². The van der Waals surface area contributed by atoms with Crippen molar-refractivity contribution in [1.82, 2.24) is 5.32 Å². The lowest BCUT2D eigenvalue weighted by molar-refractivity contribution is 0.249. The summed E-state index contributed by atoms with van der Waals surface area (Å²) >= 11 is 0. The first-order valence-corrected chi connectivity index (χ1v) is 7.30. The molecule has 1 aliphatic heterocycles. The van der Waals surface area contributed by atoms with Crippen LogP contribution in [0.5, 0.6) is 0 Å². The molecule has 1 aromatic carbocycles. The average molecular weight is 272 g/mol. The van der Waals surface area contributed by atoms with Crippen molar-refractivity contribution in [2.75, 3.05) is 16.8 Å². The molecule has 1 heterocycles. The molecule has 2 amide bonds. The highest BCUT2D eigenvalue weighted by Crippen LogP contribution is 2.12. The lowest BCUT2D eigenvalue weighted by atomic mass is 10.3. The number of halogens is 1. The maximum absolute atomic E-state index is 12.6. The summed E-state index contributed by atoms with van der Waals surface area (Å²) in [6.45, 7) is 0. The van der Waals surface area contributed by atoms with Gasteiger partial charge >= 0.3 is 6.03 Å². The smallest absolute Gasteiger partial charge is 0.319 e. The van der Waals surface area contributed by atoms with Gasteiger partial charge in [0.25, 0.3) is 0 Å². The van der Waals surface area contributed by atoms with Gasteiger partial charge in [-0.1, -0.05) is 0 Å². The Balaban J connectivity index is 1.88. The minimum absolute atomic E-state index is 0.0240. The first-order valence-electron chi connectivity index (χ1n) is 5.48. The van der Waals surface area contributed by atoms with Crippen LogP contribution in [0.25, 0.3) is 0 Å². The Morgan fingerprint density at radius 2 is 1.94 bits per heavy atom. The Bertz CT molecular complexity index is 542. The predicted octanol–water partition coefficient (Wildman–Crippen LogP) is 1.13. The van der Waals surface area contributed by atoms with Crippen molar-refractivity contribution in [3.63, 3.8) is 0 Å². The number of hydrogen-bond acceptors (Lipinski definition) is 3. The Kier molecular flexibility index (Phi) is 3.51. The molecule has 18 heavy (non-hydrogen) atoms. The number of rotatable bonds is 2. The minimum atomic E-state index is -3.01. The standard InChI is InChI=1S/C11H13FN2O3S/c12-8-1-3-9(4-2-8)13-11(15)14-10-5-6-18(16,17)7-10/h1-4,10H,5-7H2,(H2,13,14,15)/t10-/m1/s1. The van der Waals surface area contributed by atoms with E-state index in [2.05, 4.69) is 10.6 Å². The first kappa shape index (κ1) is 12.8. The monoisotopic (exact) mass is 272 g/mol. The Morgan fingerprint density at radius 1 is 1.28 bits per heavy atom. The highest BCUT2D eigenvalue weighted by molar-refractivity contribution is 7.91. The second kappa shape index (κ2) is 4.93. The van der Waals surface area contributed by atoms with Gasteiger partial charge in [-0.3, -0.25) is 0 Å². The van der Waals surface area contributed by atoms with E-state index < -0.39 is 15.9 Å². The van der Waals surface area contributed by atoms with Crippen molar-refractivity contribution in [1.29, 1.82) is 0 Å². The summed E-state index contributed by atoms with van der Waals surface area (Å²) < 4.78 is 35.1. The average Bonchev–Trinajstić information content (AvgIpc) is 2.61. The van der Waals surface area contributed by atoms with Gasteiger partial charge in [-0.2, -0.15) is 0 Å². The van der Waals surface area contributed by atoms with Gasteiger partial charge in [0.2, 0.25) is 0 Å². The fraction of sp³-hybridized carbons (Fsp3) is 0.364. The normalized spacial score (nSPS) is 21.5. The van der Waals surface area contributed by atoms with Gasteiger partial charge in [0.05, 0.1) is 11.5 Å². The number of benzene rings is 1. The summed E-state index contributed by atoms with van der Waals surface area (Å²) in [5.74, 6) is -0.305. The van der Waals surface area contributed by atoms with Crippen molar-refractivity contribution in [3.8, 4) is 0 Å². The molecule has 7 heteroatoms. The van der Waals surface area contributed by atoms with Gasteiger partial charge in [0, 0.05) is 11.7 Å². The van der Waals surface area contributed by atoms with Gasteiger partial charge in [-0.15, -0.1) is 0 Å². The molecule has 1 saturated heterocycles. The summed E-state index contributed by atoms with van der Waals surface area (Å²) in [4.78, 5) is 11.6. The van der Waals surface area contributed by atoms with E-state index in [1.807, 2.05) is 0 Å². The third-order valence-corrected chi connectivity index (χ3v) is 4.44. The molecule has 0 saturated carbocycles.